The van der Waals surface area contributed by atoms with Crippen LogP contribution in [0.4, 0.5) is 22.7 Å². The van der Waals surface area contributed by atoms with Gasteiger partial charge in [-0.3, -0.25) is 4.98 Å². The molecule has 0 bridgehead atoms. The summed E-state index contributed by atoms with van der Waals surface area (Å²) in [7, 11) is 0. The number of aromatic nitrogens is 1. The van der Waals surface area contributed by atoms with Gasteiger partial charge in [-0.05, 0) is 37.3 Å². The Hall–Kier alpha value is -2.23. The highest BCUT2D eigenvalue weighted by Gasteiger charge is 1.98. The molecule has 4 nitrogen and oxygen atoms in total. The number of pyridine rings is 1. The summed E-state index contributed by atoms with van der Waals surface area (Å²) in [5.41, 5.74) is 15.4. The number of hydrogen-bond donors (Lipinski definition) is 3. The normalized spacial score (nSPS) is 10.1. The molecule has 0 aliphatic heterocycles. The second-order valence-electron chi connectivity index (χ2n) is 3.65. The predicted molar refractivity (Wildman–Crippen MR) is 67.5 cm³/mol. The Balaban J connectivity index is 2.24. The summed E-state index contributed by atoms with van der Waals surface area (Å²) < 4.78 is 0. The van der Waals surface area contributed by atoms with Gasteiger partial charge < -0.3 is 16.8 Å². The summed E-state index contributed by atoms with van der Waals surface area (Å²) in [6, 6.07) is 9.35. The molecule has 2 aromatic rings. The van der Waals surface area contributed by atoms with Crippen molar-refractivity contribution in [2.45, 2.75) is 6.92 Å². The van der Waals surface area contributed by atoms with Gasteiger partial charge in [-0.25, -0.2) is 0 Å². The van der Waals surface area contributed by atoms with Crippen LogP contribution in [0.5, 0.6) is 0 Å². The maximum Gasteiger partial charge on any atom is 0.0568 e. The molecule has 82 valence electrons. The summed E-state index contributed by atoms with van der Waals surface area (Å²) >= 11 is 0. The fraction of sp³-hybridized carbons (Fsp3) is 0.0833. The number of rotatable bonds is 2. The maximum absolute atomic E-state index is 5.73. The molecule has 0 fully saturated rings. The average Bonchev–Trinajstić information content (AvgIpc) is 2.24. The van der Waals surface area contributed by atoms with Crippen LogP contribution in [0.1, 0.15) is 5.69 Å². The van der Waals surface area contributed by atoms with Gasteiger partial charge in [0.15, 0.2) is 0 Å². The Kier molecular flexibility index (Phi) is 2.64. The molecular formula is C12H14N4. The Morgan fingerprint density at radius 3 is 2.44 bits per heavy atom. The number of nitrogens with one attached hydrogen (secondary N) is 1. The fourth-order valence-electron chi connectivity index (χ4n) is 1.44. The van der Waals surface area contributed by atoms with E-state index in [1.807, 2.05) is 31.2 Å². The summed E-state index contributed by atoms with van der Waals surface area (Å²) in [6.07, 6.45) is 1.76. The van der Waals surface area contributed by atoms with E-state index in [1.165, 1.54) is 0 Å². The third kappa shape index (κ3) is 2.23. The molecule has 0 unspecified atom stereocenters. The lowest BCUT2D eigenvalue weighted by molar-refractivity contribution is 1.20. The van der Waals surface area contributed by atoms with Crippen LogP contribution in [-0.2, 0) is 0 Å². The van der Waals surface area contributed by atoms with Crippen LogP contribution in [-0.4, -0.2) is 4.98 Å². The second-order valence-corrected chi connectivity index (χ2v) is 3.65. The van der Waals surface area contributed by atoms with E-state index in [0.29, 0.717) is 11.4 Å². The first kappa shape index (κ1) is 10.3. The minimum Gasteiger partial charge on any atom is -0.397 e. The molecule has 0 atom stereocenters. The molecule has 0 aliphatic carbocycles. The maximum atomic E-state index is 5.73. The van der Waals surface area contributed by atoms with Crippen LogP contribution in [0.15, 0.2) is 36.5 Å². The van der Waals surface area contributed by atoms with Crippen LogP contribution < -0.4 is 16.8 Å². The number of hydrogen-bond acceptors (Lipinski definition) is 4. The summed E-state index contributed by atoms with van der Waals surface area (Å²) in [5, 5.41) is 3.24. The Bertz CT molecular complexity index is 508. The molecule has 1 heterocycles. The summed E-state index contributed by atoms with van der Waals surface area (Å²) in [6.45, 7) is 1.95. The molecule has 0 amide bonds. The van der Waals surface area contributed by atoms with Crippen LogP contribution in [0.3, 0.4) is 0 Å². The van der Waals surface area contributed by atoms with Crippen molar-refractivity contribution in [1.82, 2.24) is 4.98 Å². The van der Waals surface area contributed by atoms with Gasteiger partial charge >= 0.3 is 0 Å². The Morgan fingerprint density at radius 2 is 1.75 bits per heavy atom. The lowest BCUT2D eigenvalue weighted by Crippen LogP contribution is -1.97. The first-order valence-corrected chi connectivity index (χ1v) is 5.00. The van der Waals surface area contributed by atoms with Gasteiger partial charge in [0.05, 0.1) is 11.4 Å². The SMILES string of the molecule is Cc1cc(Nc2ccc(N)c(N)c2)ccn1. The van der Waals surface area contributed by atoms with E-state index in [0.717, 1.165) is 17.1 Å². The van der Waals surface area contributed by atoms with Crippen LogP contribution >= 0.6 is 0 Å². The molecule has 4 heteroatoms. The van der Waals surface area contributed by atoms with Gasteiger partial charge in [0.1, 0.15) is 0 Å². The molecule has 0 saturated carbocycles. The van der Waals surface area contributed by atoms with Gasteiger partial charge in [-0.1, -0.05) is 0 Å². The molecule has 0 spiro atoms. The first-order chi connectivity index (χ1) is 7.65. The highest BCUT2D eigenvalue weighted by Crippen LogP contribution is 2.22. The van der Waals surface area contributed by atoms with Crippen LogP contribution in [0, 0.1) is 6.92 Å². The number of anilines is 4. The molecule has 0 aliphatic rings. The minimum absolute atomic E-state index is 0.579. The van der Waals surface area contributed by atoms with Crippen molar-refractivity contribution < 1.29 is 0 Å². The number of aryl methyl sites for hydroxylation is 1. The summed E-state index contributed by atoms with van der Waals surface area (Å²) in [4.78, 5) is 4.13. The van der Waals surface area contributed by atoms with Crippen molar-refractivity contribution in [3.8, 4) is 0 Å². The molecular weight excluding hydrogens is 200 g/mol. The lowest BCUT2D eigenvalue weighted by atomic mass is 10.2. The fourth-order valence-corrected chi connectivity index (χ4v) is 1.44. The van der Waals surface area contributed by atoms with E-state index in [9.17, 15) is 0 Å². The second kappa shape index (κ2) is 4.10. The van der Waals surface area contributed by atoms with Crippen LogP contribution in [0.2, 0.25) is 0 Å². The Morgan fingerprint density at radius 1 is 1.00 bits per heavy atom. The van der Waals surface area contributed by atoms with E-state index in [1.54, 1.807) is 12.3 Å². The van der Waals surface area contributed by atoms with Crippen molar-refractivity contribution in [1.29, 1.82) is 0 Å². The van der Waals surface area contributed by atoms with E-state index < -0.39 is 0 Å². The van der Waals surface area contributed by atoms with Gasteiger partial charge in [0, 0.05) is 23.3 Å². The predicted octanol–water partition coefficient (Wildman–Crippen LogP) is 2.30. The van der Waals surface area contributed by atoms with Crippen molar-refractivity contribution in [3.05, 3.63) is 42.2 Å². The van der Waals surface area contributed by atoms with Gasteiger partial charge in [0.2, 0.25) is 0 Å². The van der Waals surface area contributed by atoms with E-state index in [4.69, 9.17) is 11.5 Å². The molecule has 0 radical (unpaired) electrons. The largest absolute Gasteiger partial charge is 0.397 e. The van der Waals surface area contributed by atoms with E-state index in [2.05, 4.69) is 10.3 Å². The zero-order chi connectivity index (χ0) is 11.5. The number of benzene rings is 1. The lowest BCUT2D eigenvalue weighted by Gasteiger charge is -2.08. The molecule has 1 aromatic heterocycles. The molecule has 1 aromatic carbocycles. The van der Waals surface area contributed by atoms with E-state index in [-0.39, 0.29) is 0 Å². The third-order valence-corrected chi connectivity index (χ3v) is 2.27. The number of nitrogen functional groups attached to an aromatic ring is 2. The Labute approximate surface area is 94.3 Å². The van der Waals surface area contributed by atoms with Crippen molar-refractivity contribution in [3.63, 3.8) is 0 Å². The topological polar surface area (TPSA) is 77.0 Å². The molecule has 0 saturated heterocycles. The third-order valence-electron chi connectivity index (χ3n) is 2.27. The van der Waals surface area contributed by atoms with Crippen LogP contribution in [0.25, 0.3) is 0 Å². The molecule has 16 heavy (non-hydrogen) atoms. The molecule has 5 N–H and O–H groups in total. The number of nitrogens with zero attached hydrogens (tertiary/aromatic N) is 1. The highest BCUT2D eigenvalue weighted by atomic mass is 14.9. The first-order valence-electron chi connectivity index (χ1n) is 5.00. The zero-order valence-corrected chi connectivity index (χ0v) is 9.07. The van der Waals surface area contributed by atoms with Crippen molar-refractivity contribution in [2.24, 2.45) is 0 Å². The van der Waals surface area contributed by atoms with Gasteiger partial charge in [-0.15, -0.1) is 0 Å². The van der Waals surface area contributed by atoms with Crippen molar-refractivity contribution in [2.75, 3.05) is 16.8 Å². The van der Waals surface area contributed by atoms with Gasteiger partial charge in [0.25, 0.3) is 0 Å². The van der Waals surface area contributed by atoms with E-state index >= 15 is 0 Å². The highest BCUT2D eigenvalue weighted by molar-refractivity contribution is 5.72. The zero-order valence-electron chi connectivity index (χ0n) is 9.07. The smallest absolute Gasteiger partial charge is 0.0568 e. The quantitative estimate of drug-likeness (QED) is 0.670. The standard InChI is InChI=1S/C12H14N4/c1-8-6-10(4-5-15-8)16-9-2-3-11(13)12(14)7-9/h2-7H,13-14H2,1H3,(H,15,16). The van der Waals surface area contributed by atoms with Gasteiger partial charge in [-0.2, -0.15) is 0 Å². The minimum atomic E-state index is 0.579. The number of nitrogens with two attached hydrogens (primary N) is 2. The molecule has 2 rings (SSSR count). The average molecular weight is 214 g/mol. The summed E-state index contributed by atoms with van der Waals surface area (Å²) in [5.74, 6) is 0. The van der Waals surface area contributed by atoms with Crippen molar-refractivity contribution >= 4 is 22.7 Å². The monoisotopic (exact) mass is 214 g/mol.